The van der Waals surface area contributed by atoms with Gasteiger partial charge < -0.3 is 10.6 Å². The molecule has 1 aliphatic rings. The SMILES string of the molecule is Cc1c(C(=O)NC(c2ccccc2)C2(C)CCCCN2)cccc1C(F)(F)F. The predicted octanol–water partition coefficient (Wildman–Crippen LogP) is 5.02. The predicted molar refractivity (Wildman–Crippen MR) is 103 cm³/mol. The van der Waals surface area contributed by atoms with Crippen molar-refractivity contribution in [2.24, 2.45) is 0 Å². The number of amides is 1. The Bertz CT molecular complexity index is 827. The number of carbonyl (C=O) groups is 1. The third kappa shape index (κ3) is 4.22. The molecular formula is C22H25F3N2O. The lowest BCUT2D eigenvalue weighted by Crippen LogP contribution is -2.55. The van der Waals surface area contributed by atoms with Gasteiger partial charge in [-0.1, -0.05) is 42.8 Å². The molecular weight excluding hydrogens is 365 g/mol. The number of rotatable bonds is 4. The van der Waals surface area contributed by atoms with E-state index in [0.717, 1.165) is 37.4 Å². The second-order valence-electron chi connectivity index (χ2n) is 7.59. The van der Waals surface area contributed by atoms with Crippen LogP contribution in [-0.2, 0) is 6.18 Å². The van der Waals surface area contributed by atoms with Crippen LogP contribution in [0.15, 0.2) is 48.5 Å². The zero-order valence-electron chi connectivity index (χ0n) is 16.1. The number of hydrogen-bond donors (Lipinski definition) is 2. The quantitative estimate of drug-likeness (QED) is 0.770. The fourth-order valence-electron chi connectivity index (χ4n) is 3.98. The number of benzene rings is 2. The highest BCUT2D eigenvalue weighted by Gasteiger charge is 2.38. The molecule has 0 spiro atoms. The largest absolute Gasteiger partial charge is 0.416 e. The van der Waals surface area contributed by atoms with Gasteiger partial charge in [0, 0.05) is 11.1 Å². The number of halogens is 3. The average Bonchev–Trinajstić information content (AvgIpc) is 2.66. The van der Waals surface area contributed by atoms with Gasteiger partial charge in [0.05, 0.1) is 11.6 Å². The summed E-state index contributed by atoms with van der Waals surface area (Å²) in [6, 6.07) is 12.9. The third-order valence-corrected chi connectivity index (χ3v) is 5.58. The molecule has 2 atom stereocenters. The lowest BCUT2D eigenvalue weighted by Gasteiger charge is -2.42. The Balaban J connectivity index is 1.95. The van der Waals surface area contributed by atoms with E-state index >= 15 is 0 Å². The average molecular weight is 390 g/mol. The minimum atomic E-state index is -4.49. The Morgan fingerprint density at radius 3 is 2.43 bits per heavy atom. The molecule has 1 aliphatic heterocycles. The van der Waals surface area contributed by atoms with Crippen molar-refractivity contribution in [1.82, 2.24) is 10.6 Å². The zero-order chi connectivity index (χ0) is 20.4. The summed E-state index contributed by atoms with van der Waals surface area (Å²) >= 11 is 0. The first-order valence-electron chi connectivity index (χ1n) is 9.50. The van der Waals surface area contributed by atoms with Gasteiger partial charge in [0.2, 0.25) is 0 Å². The molecule has 3 nitrogen and oxygen atoms in total. The van der Waals surface area contributed by atoms with E-state index in [4.69, 9.17) is 0 Å². The van der Waals surface area contributed by atoms with Crippen LogP contribution >= 0.6 is 0 Å². The van der Waals surface area contributed by atoms with Gasteiger partial charge in [-0.05, 0) is 56.5 Å². The van der Waals surface area contributed by atoms with Crippen LogP contribution in [0.25, 0.3) is 0 Å². The molecule has 1 fully saturated rings. The summed E-state index contributed by atoms with van der Waals surface area (Å²) in [4.78, 5) is 13.0. The first-order chi connectivity index (χ1) is 13.2. The normalized spacial score (nSPS) is 21.2. The smallest absolute Gasteiger partial charge is 0.343 e. The fraction of sp³-hybridized carbons (Fsp3) is 0.409. The first kappa shape index (κ1) is 20.4. The number of alkyl halides is 3. The Morgan fingerprint density at radius 1 is 1.11 bits per heavy atom. The summed E-state index contributed by atoms with van der Waals surface area (Å²) in [5.74, 6) is -0.494. The molecule has 3 rings (SSSR count). The standard InChI is InChI=1S/C22H25F3N2O/c1-15-17(11-8-12-18(15)22(23,24)25)20(28)27-19(16-9-4-3-5-10-16)21(2)13-6-7-14-26-21/h3-5,8-12,19,26H,6-7,13-14H2,1-2H3,(H,27,28). The maximum atomic E-state index is 13.2. The number of piperidine rings is 1. The van der Waals surface area contributed by atoms with Crippen LogP contribution in [0.4, 0.5) is 13.2 Å². The van der Waals surface area contributed by atoms with Gasteiger partial charge >= 0.3 is 6.18 Å². The lowest BCUT2D eigenvalue weighted by atomic mass is 9.80. The van der Waals surface area contributed by atoms with Gasteiger partial charge in [0.25, 0.3) is 5.91 Å². The maximum Gasteiger partial charge on any atom is 0.416 e. The van der Waals surface area contributed by atoms with Gasteiger partial charge in [-0.3, -0.25) is 4.79 Å². The van der Waals surface area contributed by atoms with Gasteiger partial charge in [0.15, 0.2) is 0 Å². The number of carbonyl (C=O) groups excluding carboxylic acids is 1. The molecule has 6 heteroatoms. The third-order valence-electron chi connectivity index (χ3n) is 5.58. The van der Waals surface area contributed by atoms with Crippen molar-refractivity contribution in [3.63, 3.8) is 0 Å². The summed E-state index contributed by atoms with van der Waals surface area (Å²) in [5, 5.41) is 6.52. The van der Waals surface area contributed by atoms with E-state index in [-0.39, 0.29) is 22.7 Å². The highest BCUT2D eigenvalue weighted by atomic mass is 19.4. The van der Waals surface area contributed by atoms with Crippen molar-refractivity contribution in [2.45, 2.75) is 50.9 Å². The van der Waals surface area contributed by atoms with E-state index in [1.54, 1.807) is 0 Å². The monoisotopic (exact) mass is 390 g/mol. The van der Waals surface area contributed by atoms with Crippen LogP contribution in [0.5, 0.6) is 0 Å². The van der Waals surface area contributed by atoms with E-state index in [0.29, 0.717) is 0 Å². The molecule has 2 unspecified atom stereocenters. The van der Waals surface area contributed by atoms with E-state index in [1.807, 2.05) is 30.3 Å². The maximum absolute atomic E-state index is 13.2. The highest BCUT2D eigenvalue weighted by Crippen LogP contribution is 2.35. The second-order valence-corrected chi connectivity index (χ2v) is 7.59. The summed E-state index contributed by atoms with van der Waals surface area (Å²) in [7, 11) is 0. The molecule has 2 aromatic carbocycles. The topological polar surface area (TPSA) is 41.1 Å². The molecule has 1 heterocycles. The molecule has 0 aliphatic carbocycles. The Hall–Kier alpha value is -2.34. The van der Waals surface area contributed by atoms with Gasteiger partial charge in [0.1, 0.15) is 0 Å². The lowest BCUT2D eigenvalue weighted by molar-refractivity contribution is -0.138. The van der Waals surface area contributed by atoms with E-state index in [2.05, 4.69) is 17.6 Å². The van der Waals surface area contributed by atoms with Crippen LogP contribution in [0.3, 0.4) is 0 Å². The minimum absolute atomic E-state index is 0.0511. The fourth-order valence-corrected chi connectivity index (χ4v) is 3.98. The van der Waals surface area contributed by atoms with E-state index < -0.39 is 17.6 Å². The van der Waals surface area contributed by atoms with Gasteiger partial charge in [-0.25, -0.2) is 0 Å². The van der Waals surface area contributed by atoms with E-state index in [1.165, 1.54) is 19.1 Å². The van der Waals surface area contributed by atoms with Crippen molar-refractivity contribution < 1.29 is 18.0 Å². The van der Waals surface area contributed by atoms with Crippen molar-refractivity contribution in [2.75, 3.05) is 6.54 Å². The summed E-state index contributed by atoms with van der Waals surface area (Å²) in [5.41, 5.74) is -0.225. The van der Waals surface area contributed by atoms with Crippen LogP contribution in [0.2, 0.25) is 0 Å². The summed E-state index contributed by atoms with van der Waals surface area (Å²) in [6.45, 7) is 4.25. The zero-order valence-corrected chi connectivity index (χ0v) is 16.1. The van der Waals surface area contributed by atoms with Crippen LogP contribution in [0, 0.1) is 6.92 Å². The number of hydrogen-bond acceptors (Lipinski definition) is 2. The Morgan fingerprint density at radius 2 is 1.82 bits per heavy atom. The Kier molecular flexibility index (Phi) is 5.79. The van der Waals surface area contributed by atoms with Crippen molar-refractivity contribution in [3.8, 4) is 0 Å². The molecule has 0 radical (unpaired) electrons. The van der Waals surface area contributed by atoms with Gasteiger partial charge in [-0.15, -0.1) is 0 Å². The molecule has 2 aromatic rings. The molecule has 0 saturated carbocycles. The first-order valence-corrected chi connectivity index (χ1v) is 9.50. The van der Waals surface area contributed by atoms with E-state index in [9.17, 15) is 18.0 Å². The molecule has 0 bridgehead atoms. The van der Waals surface area contributed by atoms with Gasteiger partial charge in [-0.2, -0.15) is 13.2 Å². The van der Waals surface area contributed by atoms with Crippen LogP contribution in [-0.4, -0.2) is 18.0 Å². The number of nitrogens with one attached hydrogen (secondary N) is 2. The highest BCUT2D eigenvalue weighted by molar-refractivity contribution is 5.96. The van der Waals surface area contributed by atoms with Crippen molar-refractivity contribution in [1.29, 1.82) is 0 Å². The Labute approximate surface area is 163 Å². The van der Waals surface area contributed by atoms with Crippen LogP contribution in [0.1, 0.15) is 59.3 Å². The molecule has 0 aromatic heterocycles. The second kappa shape index (κ2) is 7.95. The molecule has 28 heavy (non-hydrogen) atoms. The molecule has 1 saturated heterocycles. The molecule has 2 N–H and O–H groups in total. The minimum Gasteiger partial charge on any atom is -0.343 e. The molecule has 1 amide bonds. The van der Waals surface area contributed by atoms with Crippen molar-refractivity contribution in [3.05, 3.63) is 70.8 Å². The van der Waals surface area contributed by atoms with Crippen molar-refractivity contribution >= 4 is 5.91 Å². The van der Waals surface area contributed by atoms with Crippen LogP contribution < -0.4 is 10.6 Å². The summed E-state index contributed by atoms with van der Waals surface area (Å²) < 4.78 is 39.7. The molecule has 150 valence electrons. The summed E-state index contributed by atoms with van der Waals surface area (Å²) in [6.07, 6.45) is -1.52.